The number of phenols is 2. The highest BCUT2D eigenvalue weighted by Crippen LogP contribution is 2.53. The van der Waals surface area contributed by atoms with Gasteiger partial charge >= 0.3 is 12.1 Å². The molecule has 10 atom stereocenters. The van der Waals surface area contributed by atoms with Crippen LogP contribution in [0.3, 0.4) is 0 Å². The second kappa shape index (κ2) is 27.6. The number of anilines is 1. The van der Waals surface area contributed by atoms with E-state index >= 15 is 0 Å². The maximum Gasteiger partial charge on any atom is 0.411 e. The van der Waals surface area contributed by atoms with Crippen molar-refractivity contribution in [3.63, 3.8) is 0 Å². The van der Waals surface area contributed by atoms with E-state index in [9.17, 15) is 68.4 Å². The van der Waals surface area contributed by atoms with Crippen molar-refractivity contribution in [2.75, 3.05) is 45.3 Å². The van der Waals surface area contributed by atoms with Crippen LogP contribution in [0.4, 0.5) is 15.3 Å². The van der Waals surface area contributed by atoms with Gasteiger partial charge in [-0.2, -0.15) is 0 Å². The number of ether oxygens (including phenoxy) is 6. The lowest BCUT2D eigenvalue weighted by Gasteiger charge is -2.43. The third-order valence-corrected chi connectivity index (χ3v) is 16.8. The van der Waals surface area contributed by atoms with Crippen LogP contribution in [0.1, 0.15) is 132 Å². The predicted octanol–water partition coefficient (Wildman–Crippen LogP) is 2.12. The van der Waals surface area contributed by atoms with E-state index in [1.807, 2.05) is 0 Å². The van der Waals surface area contributed by atoms with Gasteiger partial charge in [-0.05, 0) is 55.7 Å². The van der Waals surface area contributed by atoms with Crippen LogP contribution in [0.25, 0.3) is 0 Å². The van der Waals surface area contributed by atoms with E-state index in [1.165, 1.54) is 37.5 Å². The number of morpholine rings is 1. The second-order valence-electron chi connectivity index (χ2n) is 23.0. The van der Waals surface area contributed by atoms with Crippen molar-refractivity contribution in [1.82, 2.24) is 25.8 Å². The summed E-state index contributed by atoms with van der Waals surface area (Å²) in [6, 6.07) is 7.33. The normalized spacial score (nSPS) is 24.4. The third kappa shape index (κ3) is 13.8. The summed E-state index contributed by atoms with van der Waals surface area (Å²) in [5.41, 5.74) is 1.35. The van der Waals surface area contributed by atoms with Crippen molar-refractivity contribution in [3.8, 4) is 11.5 Å². The SMILES string of the molecule is CO[C@H]1OCCN2[C@@H]1O[C@@H]1[C@H](C)OC(O[C@H]3C[C@](O)(C(=O)CO)Cc4c(O)c5c(c(O)c43)C(=O)c3c(NC(=O)OCc4ccc(CC(=O)[C@H](CCCNC(N)=O)NC(=O)[C@@H](NC(=O)CCCCCN6C(=O)C=CC6=O)C(C)C)cc4)cccc3C5=O)C[C@@H]12. The number of rotatable bonds is 25. The average molecular weight is 1220 g/mol. The smallest absolute Gasteiger partial charge is 0.411 e. The minimum Gasteiger partial charge on any atom is -0.507 e. The van der Waals surface area contributed by atoms with Gasteiger partial charge in [0.1, 0.15) is 42.5 Å². The van der Waals surface area contributed by atoms with Gasteiger partial charge in [-0.3, -0.25) is 53.5 Å². The van der Waals surface area contributed by atoms with Crippen LogP contribution in [-0.2, 0) is 76.6 Å². The molecule has 3 aromatic rings. The van der Waals surface area contributed by atoms with Crippen molar-refractivity contribution < 1.29 is 96.8 Å². The lowest BCUT2D eigenvalue weighted by atomic mass is 9.71. The molecule has 472 valence electrons. The number of aliphatic hydroxyl groups is 2. The number of urea groups is 1. The maximum absolute atomic E-state index is 14.8. The Hall–Kier alpha value is -8.02. The van der Waals surface area contributed by atoms with Gasteiger partial charge in [-0.15, -0.1) is 0 Å². The molecule has 0 radical (unpaired) electrons. The van der Waals surface area contributed by atoms with E-state index in [-0.39, 0.29) is 109 Å². The number of nitrogens with one attached hydrogen (secondary N) is 4. The minimum atomic E-state index is -2.37. The Kier molecular flexibility index (Phi) is 20.2. The van der Waals surface area contributed by atoms with Gasteiger partial charge in [0.05, 0.1) is 47.2 Å². The number of nitrogens with two attached hydrogens (primary N) is 1. The number of hydrogen-bond acceptors (Lipinski definition) is 21. The summed E-state index contributed by atoms with van der Waals surface area (Å²) < 4.78 is 35.9. The zero-order valence-electron chi connectivity index (χ0n) is 49.1. The molecule has 1 unspecified atom stereocenters. The first-order chi connectivity index (χ1) is 42.0. The number of benzene rings is 3. The fourth-order valence-electron chi connectivity index (χ4n) is 12.3. The van der Waals surface area contributed by atoms with E-state index in [2.05, 4.69) is 26.2 Å². The lowest BCUT2D eigenvalue weighted by molar-refractivity contribution is -0.256. The molecule has 0 saturated carbocycles. The quantitative estimate of drug-likeness (QED) is 0.0261. The predicted molar refractivity (Wildman–Crippen MR) is 306 cm³/mol. The highest BCUT2D eigenvalue weighted by atomic mass is 16.7. The molecular formula is C61H73N7O20. The van der Waals surface area contributed by atoms with E-state index in [0.717, 1.165) is 4.90 Å². The fraction of sp³-hybridized carbons (Fsp3) is 0.508. The molecule has 10 N–H and O–H groups in total. The van der Waals surface area contributed by atoms with Crippen LogP contribution in [0.5, 0.6) is 11.5 Å². The monoisotopic (exact) mass is 1220 g/mol. The Balaban J connectivity index is 0.841. The number of fused-ring (bicyclic) bond motifs is 6. The van der Waals surface area contributed by atoms with Gasteiger partial charge in [0.15, 0.2) is 41.9 Å². The first-order valence-corrected chi connectivity index (χ1v) is 29.3. The Morgan fingerprint density at radius 1 is 0.875 bits per heavy atom. The van der Waals surface area contributed by atoms with Crippen LogP contribution >= 0.6 is 0 Å². The van der Waals surface area contributed by atoms with Crippen molar-refractivity contribution in [3.05, 3.63) is 99.1 Å². The molecule has 0 bridgehead atoms. The zero-order chi connectivity index (χ0) is 63.3. The van der Waals surface area contributed by atoms with Gasteiger partial charge in [-0.1, -0.05) is 56.7 Å². The number of aromatic hydroxyl groups is 2. The Morgan fingerprint density at radius 2 is 1.59 bits per heavy atom. The number of hydrogen-bond donors (Lipinski definition) is 9. The Morgan fingerprint density at radius 3 is 2.28 bits per heavy atom. The summed E-state index contributed by atoms with van der Waals surface area (Å²) in [5, 5.41) is 56.5. The number of methoxy groups -OCH3 is 1. The third-order valence-electron chi connectivity index (χ3n) is 16.8. The van der Waals surface area contributed by atoms with E-state index < -0.39 is 138 Å². The first-order valence-electron chi connectivity index (χ1n) is 29.3. The zero-order valence-corrected chi connectivity index (χ0v) is 49.1. The fourth-order valence-corrected chi connectivity index (χ4v) is 12.3. The molecule has 2 aliphatic carbocycles. The number of phenolic OH excluding ortho intramolecular Hbond substituents is 2. The van der Waals surface area contributed by atoms with Crippen LogP contribution < -0.4 is 27.0 Å². The number of aliphatic hydroxyl groups excluding tert-OH is 1. The first kappa shape index (κ1) is 64.5. The molecule has 27 nitrogen and oxygen atoms in total. The van der Waals surface area contributed by atoms with E-state index in [1.54, 1.807) is 45.0 Å². The van der Waals surface area contributed by atoms with Gasteiger partial charge < -0.3 is 70.5 Å². The molecule has 3 fully saturated rings. The molecule has 6 aliphatic rings. The molecular weight excluding hydrogens is 1150 g/mol. The Labute approximate surface area is 505 Å². The minimum absolute atomic E-state index is 0.0775. The molecule has 9 rings (SSSR count). The number of nitrogens with zero attached hydrogens (tertiary/aromatic N) is 2. The molecule has 4 aliphatic heterocycles. The van der Waals surface area contributed by atoms with Gasteiger partial charge in [0.2, 0.25) is 11.8 Å². The molecule has 27 heteroatoms. The van der Waals surface area contributed by atoms with E-state index in [4.69, 9.17) is 34.2 Å². The number of imide groups is 1. The number of ketones is 4. The number of carbonyl (C=O) groups excluding carboxylic acids is 10. The largest absolute Gasteiger partial charge is 0.507 e. The molecule has 0 aromatic heterocycles. The van der Waals surface area contributed by atoms with Crippen LogP contribution in [-0.4, -0.2) is 184 Å². The summed E-state index contributed by atoms with van der Waals surface area (Å²) in [6.45, 7) is 5.04. The van der Waals surface area contributed by atoms with Crippen LogP contribution in [0.15, 0.2) is 54.6 Å². The van der Waals surface area contributed by atoms with Crippen LogP contribution in [0.2, 0.25) is 0 Å². The molecule has 0 spiro atoms. The summed E-state index contributed by atoms with van der Waals surface area (Å²) in [7, 11) is 1.50. The number of amides is 7. The van der Waals surface area contributed by atoms with Gasteiger partial charge in [0, 0.05) is 93.7 Å². The highest BCUT2D eigenvalue weighted by Gasteiger charge is 2.55. The lowest BCUT2D eigenvalue weighted by Crippen LogP contribution is -2.55. The van der Waals surface area contributed by atoms with Gasteiger partial charge in [0.25, 0.3) is 11.8 Å². The maximum atomic E-state index is 14.8. The topological polar surface area (TPSA) is 388 Å². The van der Waals surface area contributed by atoms with E-state index in [0.29, 0.717) is 43.5 Å². The second-order valence-corrected chi connectivity index (χ2v) is 23.0. The summed E-state index contributed by atoms with van der Waals surface area (Å²) in [4.78, 5) is 135. The van der Waals surface area contributed by atoms with Crippen LogP contribution in [0, 0.1) is 5.92 Å². The number of primary amides is 1. The molecule has 3 saturated heterocycles. The summed E-state index contributed by atoms with van der Waals surface area (Å²) >= 11 is 0. The molecule has 4 heterocycles. The molecule has 3 aromatic carbocycles. The summed E-state index contributed by atoms with van der Waals surface area (Å²) in [5.74, 6) is -7.06. The highest BCUT2D eigenvalue weighted by molar-refractivity contribution is 6.32. The number of Topliss-reactive ketones (excluding diaryl/α,β-unsaturated/α-hetero) is 2. The average Bonchev–Trinajstić information content (AvgIpc) is 1.52. The Bertz CT molecular complexity index is 3260. The van der Waals surface area contributed by atoms with Crippen molar-refractivity contribution in [2.45, 2.75) is 152 Å². The van der Waals surface area contributed by atoms with Gasteiger partial charge in [-0.25, -0.2) is 9.59 Å². The standard InChI is InChI=1S/C61H73N7O20/c1-30(2)50(66-42(72)13-6-5-7-21-68-43(73)18-19-44(68)74)56(79)64-36(12-9-20-63-59(62)80)39(70)24-32-14-16-33(17-15-32)29-85-60(81)65-37-11-8-10-34-46(37)53(77)49-48(51(34)75)52(76)35-26-61(82,41(71)28-69)27-40(47(35)54(49)78)87-45-25-38-55(31(3)86-45)88-57-58(83-4)84-23-22-67(38)57/h8,10-11,14-19,30-31,36,38,40,45,50,55,57-58,69,76,78,82H,5-7,9,12-13,20-29H2,1-4H3,(H,64,79)(H,65,81)(H,66,72)(H3,62,63,80)/t31-,36-,38-,40-,45?,50-,55+,57+,58-,61-/m0/s1. The number of unbranched alkanes of at least 4 members (excludes halogenated alkanes) is 2. The molecule has 7 amide bonds. The molecule has 88 heavy (non-hydrogen) atoms. The van der Waals surface area contributed by atoms with Crippen molar-refractivity contribution in [1.29, 1.82) is 0 Å². The van der Waals surface area contributed by atoms with Crippen molar-refractivity contribution >= 4 is 64.6 Å². The summed E-state index contributed by atoms with van der Waals surface area (Å²) in [6.07, 6.45) is -2.67. The van der Waals surface area contributed by atoms with Crippen molar-refractivity contribution in [2.24, 2.45) is 11.7 Å². The number of carbonyl (C=O) groups is 10.